The summed E-state index contributed by atoms with van der Waals surface area (Å²) in [7, 11) is 1.28. The molecule has 15 heavy (non-hydrogen) atoms. The smallest absolute Gasteiger partial charge is 0.331 e. The van der Waals surface area contributed by atoms with Crippen LogP contribution >= 0.6 is 0 Å². The molecular weight excluding hydrogens is 190 g/mol. The monoisotopic (exact) mass is 201 g/mol. The second-order valence-electron chi connectivity index (χ2n) is 3.06. The maximum atomic E-state index is 11.0. The quantitative estimate of drug-likeness (QED) is 0.418. The van der Waals surface area contributed by atoms with Crippen molar-refractivity contribution >= 4 is 11.5 Å². The zero-order valence-electron chi connectivity index (χ0n) is 8.65. The summed E-state index contributed by atoms with van der Waals surface area (Å²) >= 11 is 0. The summed E-state index contributed by atoms with van der Waals surface area (Å²) in [6, 6.07) is 9.37. The van der Waals surface area contributed by atoms with E-state index in [1.54, 1.807) is 6.07 Å². The Labute approximate surface area is 88.6 Å². The van der Waals surface area contributed by atoms with Gasteiger partial charge in [-0.15, -0.1) is 0 Å². The molecule has 3 nitrogen and oxygen atoms in total. The third-order valence-corrected chi connectivity index (χ3v) is 1.91. The average Bonchev–Trinajstić information content (AvgIpc) is 2.25. The van der Waals surface area contributed by atoms with E-state index in [9.17, 15) is 4.79 Å². The Balaban J connectivity index is 3.09. The molecule has 1 rings (SSSR count). The van der Waals surface area contributed by atoms with E-state index in [0.29, 0.717) is 5.57 Å². The predicted octanol–water partition coefficient (Wildman–Crippen LogP) is 2.08. The van der Waals surface area contributed by atoms with Crippen LogP contribution in [0.4, 0.5) is 0 Å². The normalized spacial score (nSPS) is 10.6. The Bertz CT molecular complexity index is 441. The minimum Gasteiger partial charge on any atom is -0.466 e. The molecule has 0 saturated heterocycles. The molecule has 0 aliphatic carbocycles. The summed E-state index contributed by atoms with van der Waals surface area (Å²) in [5, 5.41) is 8.89. The van der Waals surface area contributed by atoms with Gasteiger partial charge in [0.25, 0.3) is 0 Å². The molecule has 0 aromatic heterocycles. The highest BCUT2D eigenvalue weighted by Gasteiger charge is 2.03. The number of ether oxygens (including phenoxy) is 1. The van der Waals surface area contributed by atoms with Crippen molar-refractivity contribution in [3.05, 3.63) is 41.5 Å². The Morgan fingerprint density at radius 3 is 2.80 bits per heavy atom. The van der Waals surface area contributed by atoms with Crippen LogP contribution in [0.3, 0.4) is 0 Å². The van der Waals surface area contributed by atoms with Gasteiger partial charge in [-0.05, 0) is 12.5 Å². The molecule has 0 aliphatic heterocycles. The fraction of sp³-hybridized carbons (Fsp3) is 0.167. The Kier molecular flexibility index (Phi) is 3.64. The molecule has 0 spiro atoms. The number of methoxy groups -OCH3 is 1. The number of hydrogen-bond donors (Lipinski definition) is 0. The summed E-state index contributed by atoms with van der Waals surface area (Å²) in [5.74, 6) is -0.520. The zero-order valence-corrected chi connectivity index (χ0v) is 8.65. The molecule has 0 unspecified atom stereocenters. The summed E-state index contributed by atoms with van der Waals surface area (Å²) in [5.41, 5.74) is 2.08. The molecule has 0 N–H and O–H groups in total. The summed E-state index contributed by atoms with van der Waals surface area (Å²) in [4.78, 5) is 11.0. The molecule has 1 aromatic rings. The van der Waals surface area contributed by atoms with Gasteiger partial charge in [0.1, 0.15) is 6.07 Å². The van der Waals surface area contributed by atoms with Gasteiger partial charge < -0.3 is 4.74 Å². The third-order valence-electron chi connectivity index (χ3n) is 1.91. The van der Waals surface area contributed by atoms with Gasteiger partial charge in [-0.25, -0.2) is 4.79 Å². The number of carbonyl (C=O) groups is 1. The number of nitrogens with zero attached hydrogens (tertiary/aromatic N) is 1. The predicted molar refractivity (Wildman–Crippen MR) is 56.8 cm³/mol. The molecule has 0 amide bonds. The van der Waals surface area contributed by atoms with Gasteiger partial charge in [0, 0.05) is 6.08 Å². The van der Waals surface area contributed by atoms with Crippen LogP contribution in [0, 0.1) is 18.3 Å². The van der Waals surface area contributed by atoms with E-state index >= 15 is 0 Å². The van der Waals surface area contributed by atoms with Crippen molar-refractivity contribution in [2.24, 2.45) is 0 Å². The third kappa shape index (κ3) is 2.96. The maximum Gasteiger partial charge on any atom is 0.331 e. The minimum atomic E-state index is -0.520. The second-order valence-corrected chi connectivity index (χ2v) is 3.06. The molecule has 76 valence electrons. The van der Waals surface area contributed by atoms with E-state index in [1.807, 2.05) is 31.2 Å². The van der Waals surface area contributed by atoms with E-state index in [0.717, 1.165) is 11.1 Å². The first-order chi connectivity index (χ1) is 7.17. The summed E-state index contributed by atoms with van der Waals surface area (Å²) in [6.45, 7) is 1.93. The first-order valence-corrected chi connectivity index (χ1v) is 4.44. The molecule has 0 bridgehead atoms. The molecule has 3 heteroatoms. The number of aryl methyl sites for hydroxylation is 1. The fourth-order valence-electron chi connectivity index (χ4n) is 1.17. The van der Waals surface area contributed by atoms with Gasteiger partial charge in [-0.1, -0.05) is 29.8 Å². The lowest BCUT2D eigenvalue weighted by Crippen LogP contribution is -1.96. The minimum absolute atomic E-state index is 0.311. The van der Waals surface area contributed by atoms with Crippen LogP contribution in [0.15, 0.2) is 30.3 Å². The average molecular weight is 201 g/mol. The van der Waals surface area contributed by atoms with Gasteiger partial charge in [-0.2, -0.15) is 5.26 Å². The molecule has 0 atom stereocenters. The maximum absolute atomic E-state index is 11.0. The van der Waals surface area contributed by atoms with Crippen LogP contribution in [-0.4, -0.2) is 13.1 Å². The number of nitriles is 1. The van der Waals surface area contributed by atoms with E-state index < -0.39 is 5.97 Å². The molecular formula is C12H11NO2. The van der Waals surface area contributed by atoms with Crippen molar-refractivity contribution in [2.75, 3.05) is 7.11 Å². The lowest BCUT2D eigenvalue weighted by molar-refractivity contribution is -0.134. The fourth-order valence-corrected chi connectivity index (χ4v) is 1.17. The number of esters is 1. The molecule has 0 aliphatic rings. The molecule has 0 fully saturated rings. The van der Waals surface area contributed by atoms with E-state index in [1.165, 1.54) is 13.2 Å². The van der Waals surface area contributed by atoms with Crippen molar-refractivity contribution in [1.82, 2.24) is 0 Å². The van der Waals surface area contributed by atoms with Crippen molar-refractivity contribution in [1.29, 1.82) is 5.26 Å². The van der Waals surface area contributed by atoms with Crippen LogP contribution < -0.4 is 0 Å². The van der Waals surface area contributed by atoms with Crippen LogP contribution in [0.5, 0.6) is 0 Å². The lowest BCUT2D eigenvalue weighted by atomic mass is 10.0. The Hall–Kier alpha value is -2.08. The number of benzene rings is 1. The molecule has 0 heterocycles. The highest BCUT2D eigenvalue weighted by molar-refractivity contribution is 5.95. The molecule has 1 aromatic carbocycles. The number of allylic oxidation sites excluding steroid dienone is 1. The summed E-state index contributed by atoms with van der Waals surface area (Å²) < 4.78 is 4.47. The molecule has 0 saturated carbocycles. The van der Waals surface area contributed by atoms with Crippen LogP contribution in [0.1, 0.15) is 11.1 Å². The lowest BCUT2D eigenvalue weighted by Gasteiger charge is -1.99. The van der Waals surface area contributed by atoms with Crippen LogP contribution in [-0.2, 0) is 9.53 Å². The van der Waals surface area contributed by atoms with E-state index in [-0.39, 0.29) is 0 Å². The zero-order chi connectivity index (χ0) is 11.3. The van der Waals surface area contributed by atoms with E-state index in [4.69, 9.17) is 5.26 Å². The van der Waals surface area contributed by atoms with Crippen molar-refractivity contribution < 1.29 is 9.53 Å². The van der Waals surface area contributed by atoms with Gasteiger partial charge >= 0.3 is 5.97 Å². The number of carbonyl (C=O) groups excluding carboxylic acids is 1. The SMILES string of the molecule is COC(=O)/C=C(\C#N)c1cccc(C)c1. The number of hydrogen-bond acceptors (Lipinski definition) is 3. The van der Waals surface area contributed by atoms with Gasteiger partial charge in [-0.3, -0.25) is 0 Å². The van der Waals surface area contributed by atoms with Gasteiger partial charge in [0.15, 0.2) is 0 Å². The van der Waals surface area contributed by atoms with E-state index in [2.05, 4.69) is 4.74 Å². The van der Waals surface area contributed by atoms with Crippen molar-refractivity contribution in [3.63, 3.8) is 0 Å². The van der Waals surface area contributed by atoms with Gasteiger partial charge in [0.05, 0.1) is 12.7 Å². The van der Waals surface area contributed by atoms with Crippen LogP contribution in [0.2, 0.25) is 0 Å². The highest BCUT2D eigenvalue weighted by atomic mass is 16.5. The van der Waals surface area contributed by atoms with Crippen LogP contribution in [0.25, 0.3) is 5.57 Å². The molecule has 0 radical (unpaired) electrons. The Morgan fingerprint density at radius 2 is 2.27 bits per heavy atom. The largest absolute Gasteiger partial charge is 0.466 e. The highest BCUT2D eigenvalue weighted by Crippen LogP contribution is 2.14. The van der Waals surface area contributed by atoms with Gasteiger partial charge in [0.2, 0.25) is 0 Å². The second kappa shape index (κ2) is 4.97. The first kappa shape index (κ1) is 11.0. The van der Waals surface area contributed by atoms with Crippen molar-refractivity contribution in [2.45, 2.75) is 6.92 Å². The number of rotatable bonds is 2. The standard InChI is InChI=1S/C12H11NO2/c1-9-4-3-5-10(6-9)11(8-13)7-12(14)15-2/h3-7H,1-2H3/b11-7+. The summed E-state index contributed by atoms with van der Waals surface area (Å²) in [6.07, 6.45) is 1.19. The van der Waals surface area contributed by atoms with Crippen molar-refractivity contribution in [3.8, 4) is 6.07 Å². The first-order valence-electron chi connectivity index (χ1n) is 4.44. The topological polar surface area (TPSA) is 50.1 Å². The Morgan fingerprint density at radius 1 is 1.53 bits per heavy atom.